The van der Waals surface area contributed by atoms with Crippen molar-refractivity contribution in [2.75, 3.05) is 46.0 Å². The number of piperazine rings is 1. The molecular weight excluding hydrogens is 316 g/mol. The van der Waals surface area contributed by atoms with Crippen LogP contribution in [-0.2, 0) is 23.0 Å². The summed E-state index contributed by atoms with van der Waals surface area (Å²) >= 11 is 0. The molecule has 0 saturated carbocycles. The number of amides is 1. The van der Waals surface area contributed by atoms with Crippen molar-refractivity contribution in [3.63, 3.8) is 0 Å². The number of likely N-dealkylation sites (N-methyl/N-ethyl adjacent to an activating group) is 1. The standard InChI is InChI=1S/C15H22N4O3S/c1-17-5-7-18(8-6-17)15(20)14-10-16-9-12-11-19(23(2,21)22)4-3-13(12)14/h9-10H,3-8,11H2,1-2H3. The third-order valence-electron chi connectivity index (χ3n) is 4.59. The maximum Gasteiger partial charge on any atom is 0.255 e. The monoisotopic (exact) mass is 338 g/mol. The van der Waals surface area contributed by atoms with Crippen LogP contribution in [0.25, 0.3) is 0 Å². The molecule has 1 amide bonds. The van der Waals surface area contributed by atoms with E-state index in [0.717, 1.165) is 24.2 Å². The molecule has 0 aromatic carbocycles. The molecule has 0 N–H and O–H groups in total. The van der Waals surface area contributed by atoms with Gasteiger partial charge in [-0.2, -0.15) is 4.31 Å². The topological polar surface area (TPSA) is 73.8 Å². The highest BCUT2D eigenvalue weighted by Crippen LogP contribution is 2.24. The third-order valence-corrected chi connectivity index (χ3v) is 5.84. The molecule has 0 aliphatic carbocycles. The first-order valence-electron chi connectivity index (χ1n) is 7.75. The number of hydrogen-bond acceptors (Lipinski definition) is 5. The number of carbonyl (C=O) groups excluding carboxylic acids is 1. The average Bonchev–Trinajstić information content (AvgIpc) is 2.53. The lowest BCUT2D eigenvalue weighted by molar-refractivity contribution is 0.0662. The van der Waals surface area contributed by atoms with Crippen LogP contribution in [-0.4, -0.2) is 79.4 Å². The fourth-order valence-electron chi connectivity index (χ4n) is 3.11. The van der Waals surface area contributed by atoms with Crippen LogP contribution in [0.5, 0.6) is 0 Å². The molecule has 3 rings (SSSR count). The van der Waals surface area contributed by atoms with Gasteiger partial charge in [0.25, 0.3) is 5.91 Å². The number of nitrogens with zero attached hydrogens (tertiary/aromatic N) is 4. The molecule has 0 bridgehead atoms. The molecule has 0 unspecified atom stereocenters. The molecule has 1 saturated heterocycles. The SMILES string of the molecule is CN1CCN(C(=O)c2cncc3c2CCN(S(C)(=O)=O)C3)CC1. The Bertz CT molecular complexity index is 711. The van der Waals surface area contributed by atoms with Gasteiger partial charge in [0.05, 0.1) is 11.8 Å². The minimum atomic E-state index is -3.22. The third kappa shape index (κ3) is 3.39. The Kier molecular flexibility index (Phi) is 4.39. The highest BCUT2D eigenvalue weighted by atomic mass is 32.2. The van der Waals surface area contributed by atoms with Crippen molar-refractivity contribution in [1.82, 2.24) is 19.1 Å². The molecular formula is C15H22N4O3S. The molecule has 3 heterocycles. The van der Waals surface area contributed by atoms with Crippen LogP contribution in [0, 0.1) is 0 Å². The molecule has 8 heteroatoms. The Labute approximate surface area is 136 Å². The maximum absolute atomic E-state index is 12.8. The quantitative estimate of drug-likeness (QED) is 0.746. The van der Waals surface area contributed by atoms with Gasteiger partial charge in [0, 0.05) is 51.7 Å². The van der Waals surface area contributed by atoms with Crippen LogP contribution in [0.2, 0.25) is 0 Å². The smallest absolute Gasteiger partial charge is 0.255 e. The van der Waals surface area contributed by atoms with Gasteiger partial charge in [-0.05, 0) is 24.6 Å². The van der Waals surface area contributed by atoms with Crippen molar-refractivity contribution in [3.8, 4) is 0 Å². The lowest BCUT2D eigenvalue weighted by atomic mass is 9.97. The summed E-state index contributed by atoms with van der Waals surface area (Å²) in [6, 6.07) is 0. The lowest BCUT2D eigenvalue weighted by Crippen LogP contribution is -2.47. The molecule has 23 heavy (non-hydrogen) atoms. The zero-order valence-electron chi connectivity index (χ0n) is 13.5. The van der Waals surface area contributed by atoms with E-state index in [9.17, 15) is 13.2 Å². The van der Waals surface area contributed by atoms with Gasteiger partial charge >= 0.3 is 0 Å². The highest BCUT2D eigenvalue weighted by Gasteiger charge is 2.29. The zero-order valence-corrected chi connectivity index (χ0v) is 14.3. The molecule has 0 spiro atoms. The molecule has 2 aliphatic rings. The normalized spacial score (nSPS) is 20.3. The molecule has 1 fully saturated rings. The predicted octanol–water partition coefficient (Wildman–Crippen LogP) is -0.213. The Balaban J connectivity index is 1.84. The minimum Gasteiger partial charge on any atom is -0.336 e. The fourth-order valence-corrected chi connectivity index (χ4v) is 3.91. The van der Waals surface area contributed by atoms with E-state index in [4.69, 9.17) is 0 Å². The van der Waals surface area contributed by atoms with E-state index in [-0.39, 0.29) is 5.91 Å². The number of pyridine rings is 1. The van der Waals surface area contributed by atoms with E-state index < -0.39 is 10.0 Å². The molecule has 7 nitrogen and oxygen atoms in total. The average molecular weight is 338 g/mol. The predicted molar refractivity (Wildman–Crippen MR) is 86.6 cm³/mol. The van der Waals surface area contributed by atoms with Crippen molar-refractivity contribution in [1.29, 1.82) is 0 Å². The number of sulfonamides is 1. The zero-order chi connectivity index (χ0) is 16.6. The van der Waals surface area contributed by atoms with Crippen LogP contribution in [0.1, 0.15) is 21.5 Å². The Hall–Kier alpha value is -1.51. The van der Waals surface area contributed by atoms with E-state index in [2.05, 4.69) is 9.88 Å². The van der Waals surface area contributed by atoms with Crippen LogP contribution in [0.15, 0.2) is 12.4 Å². The first-order chi connectivity index (χ1) is 10.9. The summed E-state index contributed by atoms with van der Waals surface area (Å²) in [6.07, 6.45) is 5.06. The summed E-state index contributed by atoms with van der Waals surface area (Å²) in [4.78, 5) is 21.0. The van der Waals surface area contributed by atoms with Crippen LogP contribution in [0.3, 0.4) is 0 Å². The van der Waals surface area contributed by atoms with Crippen molar-refractivity contribution in [2.45, 2.75) is 13.0 Å². The number of rotatable bonds is 2. The van der Waals surface area contributed by atoms with Gasteiger partial charge in [-0.25, -0.2) is 8.42 Å². The van der Waals surface area contributed by atoms with Gasteiger partial charge < -0.3 is 9.80 Å². The van der Waals surface area contributed by atoms with Gasteiger partial charge in [0.2, 0.25) is 10.0 Å². The maximum atomic E-state index is 12.8. The van der Waals surface area contributed by atoms with E-state index in [1.165, 1.54) is 10.6 Å². The summed E-state index contributed by atoms with van der Waals surface area (Å²) in [5.41, 5.74) is 2.41. The number of carbonyl (C=O) groups is 1. The second-order valence-electron chi connectivity index (χ2n) is 6.27. The molecule has 1 aromatic heterocycles. The molecule has 0 atom stereocenters. The van der Waals surface area contributed by atoms with Crippen molar-refractivity contribution < 1.29 is 13.2 Å². The molecule has 0 radical (unpaired) electrons. The van der Waals surface area contributed by atoms with Crippen LogP contribution < -0.4 is 0 Å². The summed E-state index contributed by atoms with van der Waals surface area (Å²) in [6.45, 7) is 3.89. The van der Waals surface area contributed by atoms with Gasteiger partial charge in [0.1, 0.15) is 0 Å². The van der Waals surface area contributed by atoms with Crippen molar-refractivity contribution in [3.05, 3.63) is 29.1 Å². The Morgan fingerprint density at radius 2 is 1.83 bits per heavy atom. The highest BCUT2D eigenvalue weighted by molar-refractivity contribution is 7.88. The van der Waals surface area contributed by atoms with Crippen LogP contribution >= 0.6 is 0 Å². The fraction of sp³-hybridized carbons (Fsp3) is 0.600. The second kappa shape index (κ2) is 6.18. The van der Waals surface area contributed by atoms with Gasteiger partial charge in [-0.15, -0.1) is 0 Å². The first-order valence-corrected chi connectivity index (χ1v) is 9.60. The second-order valence-corrected chi connectivity index (χ2v) is 8.25. The van der Waals surface area contributed by atoms with E-state index >= 15 is 0 Å². The van der Waals surface area contributed by atoms with Gasteiger partial charge in [-0.1, -0.05) is 0 Å². The number of hydrogen-bond donors (Lipinski definition) is 0. The summed E-state index contributed by atoms with van der Waals surface area (Å²) < 4.78 is 24.9. The van der Waals surface area contributed by atoms with E-state index in [0.29, 0.717) is 38.2 Å². The van der Waals surface area contributed by atoms with Crippen molar-refractivity contribution in [2.24, 2.45) is 0 Å². The van der Waals surface area contributed by atoms with E-state index in [1.54, 1.807) is 12.4 Å². The summed E-state index contributed by atoms with van der Waals surface area (Å²) in [5, 5.41) is 0. The molecule has 1 aromatic rings. The van der Waals surface area contributed by atoms with Crippen molar-refractivity contribution >= 4 is 15.9 Å². The Morgan fingerprint density at radius 1 is 1.13 bits per heavy atom. The first kappa shape index (κ1) is 16.4. The molecule has 126 valence electrons. The minimum absolute atomic E-state index is 0.00950. The van der Waals surface area contributed by atoms with Gasteiger partial charge in [-0.3, -0.25) is 9.78 Å². The van der Waals surface area contributed by atoms with Gasteiger partial charge in [0.15, 0.2) is 0 Å². The Morgan fingerprint density at radius 3 is 2.48 bits per heavy atom. The summed E-state index contributed by atoms with van der Waals surface area (Å²) in [5.74, 6) is 0.00950. The lowest BCUT2D eigenvalue weighted by Gasteiger charge is -2.33. The number of fused-ring (bicyclic) bond motifs is 1. The molecule has 2 aliphatic heterocycles. The van der Waals surface area contributed by atoms with E-state index in [1.807, 2.05) is 11.9 Å². The largest absolute Gasteiger partial charge is 0.336 e. The number of aromatic nitrogens is 1. The van der Waals surface area contributed by atoms with Crippen LogP contribution in [0.4, 0.5) is 0 Å². The summed E-state index contributed by atoms with van der Waals surface area (Å²) in [7, 11) is -1.17.